The molecule has 0 saturated carbocycles. The van der Waals surface area contributed by atoms with Crippen LogP contribution in [0.3, 0.4) is 0 Å². The van der Waals surface area contributed by atoms with E-state index in [-0.39, 0.29) is 18.9 Å². The Morgan fingerprint density at radius 3 is 3.00 bits per heavy atom. The fourth-order valence-electron chi connectivity index (χ4n) is 2.95. The highest BCUT2D eigenvalue weighted by molar-refractivity contribution is 6.09. The molecule has 3 rings (SSSR count). The third-order valence-electron chi connectivity index (χ3n) is 4.10. The van der Waals surface area contributed by atoms with Crippen molar-refractivity contribution in [2.24, 2.45) is 10.7 Å². The van der Waals surface area contributed by atoms with Gasteiger partial charge in [0.05, 0.1) is 32.4 Å². The summed E-state index contributed by atoms with van der Waals surface area (Å²) in [6.45, 7) is 0.733. The minimum absolute atomic E-state index is 0.0390. The molecule has 2 heterocycles. The number of aliphatic hydroxyl groups is 1. The first-order valence-electron chi connectivity index (χ1n) is 7.93. The smallest absolute Gasteiger partial charge is 0.250 e. The van der Waals surface area contributed by atoms with E-state index in [4.69, 9.17) is 20.3 Å². The van der Waals surface area contributed by atoms with E-state index < -0.39 is 11.9 Å². The van der Waals surface area contributed by atoms with E-state index in [0.717, 1.165) is 5.56 Å². The molecule has 1 fully saturated rings. The second-order valence-electron chi connectivity index (χ2n) is 5.76. The lowest BCUT2D eigenvalue weighted by molar-refractivity contribution is -0.126. The van der Waals surface area contributed by atoms with E-state index in [2.05, 4.69) is 10.3 Å². The molecule has 9 heteroatoms. The van der Waals surface area contributed by atoms with Crippen molar-refractivity contribution in [1.29, 1.82) is 0 Å². The van der Waals surface area contributed by atoms with Gasteiger partial charge in [-0.15, -0.1) is 0 Å². The zero-order chi connectivity index (χ0) is 18.0. The van der Waals surface area contributed by atoms with Crippen LogP contribution in [0, 0.1) is 0 Å². The van der Waals surface area contributed by atoms with Crippen molar-refractivity contribution in [2.75, 3.05) is 20.3 Å². The van der Waals surface area contributed by atoms with Gasteiger partial charge in [0.2, 0.25) is 17.8 Å². The molecule has 0 radical (unpaired) electrons. The number of carbonyl (C=O) groups is 2. The highest BCUT2D eigenvalue weighted by Crippen LogP contribution is 2.41. The molecule has 2 aliphatic heterocycles. The molecule has 1 aromatic rings. The molecule has 0 aliphatic carbocycles. The van der Waals surface area contributed by atoms with E-state index in [1.165, 1.54) is 7.11 Å². The number of nitrogens with two attached hydrogens (primary N) is 1. The predicted octanol–water partition coefficient (Wildman–Crippen LogP) is -0.367. The molecule has 25 heavy (non-hydrogen) atoms. The Hall–Kier alpha value is -2.81. The SMILES string of the molecule is COc1c(OCCCO)ccc2c1CN1C(=N2)NC(=O)C1CC(N)=O. The number of aliphatic hydroxyl groups excluding tert-OH is 1. The first kappa shape index (κ1) is 17.0. The molecule has 9 nitrogen and oxygen atoms in total. The van der Waals surface area contributed by atoms with Crippen LogP contribution in [-0.2, 0) is 16.1 Å². The van der Waals surface area contributed by atoms with E-state index in [9.17, 15) is 9.59 Å². The van der Waals surface area contributed by atoms with Crippen molar-refractivity contribution in [1.82, 2.24) is 10.2 Å². The number of hydrogen-bond donors (Lipinski definition) is 3. The number of guanidine groups is 1. The monoisotopic (exact) mass is 348 g/mol. The van der Waals surface area contributed by atoms with Gasteiger partial charge in [0.25, 0.3) is 0 Å². The van der Waals surface area contributed by atoms with Crippen LogP contribution in [0.4, 0.5) is 5.69 Å². The number of methoxy groups -OCH3 is 1. The van der Waals surface area contributed by atoms with Crippen LogP contribution < -0.4 is 20.5 Å². The standard InChI is InChI=1S/C16H20N4O5/c1-24-14-9-8-20-11(7-13(17)22)15(23)19-16(20)18-10(9)3-4-12(14)25-6-2-5-21/h3-4,11,21H,2,5-8H2,1H3,(H2,17,22)(H,18,19,23). The summed E-state index contributed by atoms with van der Waals surface area (Å²) in [6.07, 6.45) is 0.420. The van der Waals surface area contributed by atoms with Gasteiger partial charge in [0.15, 0.2) is 11.5 Å². The molecule has 2 aliphatic rings. The molecule has 0 aromatic heterocycles. The number of nitrogens with one attached hydrogen (secondary N) is 1. The lowest BCUT2D eigenvalue weighted by Gasteiger charge is -2.29. The summed E-state index contributed by atoms with van der Waals surface area (Å²) < 4.78 is 11.1. The van der Waals surface area contributed by atoms with E-state index in [1.807, 2.05) is 0 Å². The minimum Gasteiger partial charge on any atom is -0.492 e. The summed E-state index contributed by atoms with van der Waals surface area (Å²) in [5, 5.41) is 11.6. The number of benzene rings is 1. The van der Waals surface area contributed by atoms with E-state index >= 15 is 0 Å². The van der Waals surface area contributed by atoms with Gasteiger partial charge in [0, 0.05) is 18.6 Å². The molecule has 1 atom stereocenters. The second-order valence-corrected chi connectivity index (χ2v) is 5.76. The third kappa shape index (κ3) is 3.22. The molecule has 0 spiro atoms. The average Bonchev–Trinajstić information content (AvgIpc) is 2.87. The molecule has 2 amide bonds. The van der Waals surface area contributed by atoms with Crippen LogP contribution >= 0.6 is 0 Å². The Balaban J connectivity index is 1.91. The van der Waals surface area contributed by atoms with Crippen molar-refractivity contribution in [3.63, 3.8) is 0 Å². The number of primary amides is 1. The predicted molar refractivity (Wildman–Crippen MR) is 88.6 cm³/mol. The maximum atomic E-state index is 12.1. The quantitative estimate of drug-likeness (QED) is 0.577. The Kier molecular flexibility index (Phi) is 4.75. The van der Waals surface area contributed by atoms with Crippen LogP contribution in [0.15, 0.2) is 17.1 Å². The maximum Gasteiger partial charge on any atom is 0.250 e. The van der Waals surface area contributed by atoms with Crippen molar-refractivity contribution in [3.8, 4) is 11.5 Å². The van der Waals surface area contributed by atoms with Crippen LogP contribution in [0.5, 0.6) is 11.5 Å². The van der Waals surface area contributed by atoms with Gasteiger partial charge >= 0.3 is 0 Å². The number of fused-ring (bicyclic) bond motifs is 2. The summed E-state index contributed by atoms with van der Waals surface area (Å²) >= 11 is 0. The molecule has 1 unspecified atom stereocenters. The summed E-state index contributed by atoms with van der Waals surface area (Å²) in [5.74, 6) is 0.609. The van der Waals surface area contributed by atoms with Crippen molar-refractivity contribution < 1.29 is 24.2 Å². The van der Waals surface area contributed by atoms with Gasteiger partial charge in [-0.25, -0.2) is 4.99 Å². The first-order valence-corrected chi connectivity index (χ1v) is 7.93. The Labute approximate surface area is 144 Å². The largest absolute Gasteiger partial charge is 0.492 e. The van der Waals surface area contributed by atoms with Gasteiger partial charge < -0.3 is 25.2 Å². The highest BCUT2D eigenvalue weighted by Gasteiger charge is 2.40. The van der Waals surface area contributed by atoms with Crippen LogP contribution in [-0.4, -0.2) is 54.1 Å². The number of hydrogen-bond acceptors (Lipinski definition) is 7. The fourth-order valence-corrected chi connectivity index (χ4v) is 2.95. The zero-order valence-electron chi connectivity index (χ0n) is 13.8. The number of nitrogens with zero attached hydrogens (tertiary/aromatic N) is 2. The van der Waals surface area contributed by atoms with Gasteiger partial charge in [0.1, 0.15) is 6.04 Å². The lowest BCUT2D eigenvalue weighted by Crippen LogP contribution is -2.39. The lowest BCUT2D eigenvalue weighted by atomic mass is 10.1. The van der Waals surface area contributed by atoms with Crippen LogP contribution in [0.25, 0.3) is 0 Å². The molecular formula is C16H20N4O5. The van der Waals surface area contributed by atoms with Gasteiger partial charge in [-0.2, -0.15) is 0 Å². The van der Waals surface area contributed by atoms with Gasteiger partial charge in [-0.1, -0.05) is 0 Å². The third-order valence-corrected chi connectivity index (χ3v) is 4.10. The molecular weight excluding hydrogens is 328 g/mol. The number of amides is 2. The number of aliphatic imine (C=N–C) groups is 1. The van der Waals surface area contributed by atoms with Gasteiger partial charge in [-0.3, -0.25) is 14.9 Å². The summed E-state index contributed by atoms with van der Waals surface area (Å²) in [5.41, 5.74) is 6.68. The van der Waals surface area contributed by atoms with Crippen molar-refractivity contribution >= 4 is 23.5 Å². The number of rotatable bonds is 7. The van der Waals surface area contributed by atoms with E-state index in [1.54, 1.807) is 17.0 Å². The Morgan fingerprint density at radius 1 is 1.52 bits per heavy atom. The molecule has 1 aromatic carbocycles. The molecule has 134 valence electrons. The molecule has 4 N–H and O–H groups in total. The first-order chi connectivity index (χ1) is 12.0. The summed E-state index contributed by atoms with van der Waals surface area (Å²) in [7, 11) is 1.53. The number of ether oxygens (including phenoxy) is 2. The van der Waals surface area contributed by atoms with Gasteiger partial charge in [-0.05, 0) is 12.1 Å². The van der Waals surface area contributed by atoms with E-state index in [0.29, 0.717) is 42.7 Å². The van der Waals surface area contributed by atoms with Crippen LogP contribution in [0.2, 0.25) is 0 Å². The fraction of sp³-hybridized carbons (Fsp3) is 0.438. The Bertz CT molecular complexity index is 733. The molecule has 0 bridgehead atoms. The summed E-state index contributed by atoms with van der Waals surface area (Å²) in [6, 6.07) is 2.84. The van der Waals surface area contributed by atoms with Crippen molar-refractivity contribution in [3.05, 3.63) is 17.7 Å². The maximum absolute atomic E-state index is 12.1. The normalized spacial score (nSPS) is 18.2. The highest BCUT2D eigenvalue weighted by atomic mass is 16.5. The summed E-state index contributed by atoms with van der Waals surface area (Å²) in [4.78, 5) is 29.5. The average molecular weight is 348 g/mol. The molecule has 1 saturated heterocycles. The second kappa shape index (κ2) is 6.98. The zero-order valence-corrected chi connectivity index (χ0v) is 13.8. The topological polar surface area (TPSA) is 126 Å². The Morgan fingerprint density at radius 2 is 2.32 bits per heavy atom. The number of carbonyl (C=O) groups excluding carboxylic acids is 2. The minimum atomic E-state index is -0.687. The van der Waals surface area contributed by atoms with Crippen LogP contribution in [0.1, 0.15) is 18.4 Å². The van der Waals surface area contributed by atoms with Crippen molar-refractivity contribution in [2.45, 2.75) is 25.4 Å².